The van der Waals surface area contributed by atoms with E-state index in [1.807, 2.05) is 12.1 Å². The molecule has 0 saturated carbocycles. The molecule has 0 heterocycles. The van der Waals surface area contributed by atoms with E-state index in [0.717, 1.165) is 17.7 Å². The van der Waals surface area contributed by atoms with Crippen molar-refractivity contribution in [2.75, 3.05) is 0 Å². The molecule has 2 rings (SSSR count). The Balaban J connectivity index is 2.19. The van der Waals surface area contributed by atoms with E-state index in [1.54, 1.807) is 12.1 Å². The molecule has 0 bridgehead atoms. The van der Waals surface area contributed by atoms with Gasteiger partial charge in [0.25, 0.3) is 0 Å². The van der Waals surface area contributed by atoms with Crippen LogP contribution in [0.3, 0.4) is 0 Å². The van der Waals surface area contributed by atoms with Crippen LogP contribution in [0.1, 0.15) is 53.5 Å². The number of phenols is 3. The molecule has 0 atom stereocenters. The van der Waals surface area contributed by atoms with Crippen LogP contribution < -0.4 is 0 Å². The minimum Gasteiger partial charge on any atom is -0.508 e. The van der Waals surface area contributed by atoms with Crippen molar-refractivity contribution in [3.05, 3.63) is 53.1 Å². The van der Waals surface area contributed by atoms with Gasteiger partial charge in [0, 0.05) is 17.7 Å². The van der Waals surface area contributed by atoms with Crippen LogP contribution in [-0.2, 0) is 5.41 Å². The fourth-order valence-electron chi connectivity index (χ4n) is 2.38. The van der Waals surface area contributed by atoms with Crippen molar-refractivity contribution < 1.29 is 24.9 Å². The Morgan fingerprint density at radius 1 is 0.875 bits per heavy atom. The van der Waals surface area contributed by atoms with Crippen molar-refractivity contribution in [1.82, 2.24) is 0 Å². The second-order valence-electron chi connectivity index (χ2n) is 6.71. The highest BCUT2D eigenvalue weighted by molar-refractivity contribution is 6.15. The summed E-state index contributed by atoms with van der Waals surface area (Å²) in [7, 11) is 0. The Bertz CT molecular complexity index is 759. The van der Waals surface area contributed by atoms with Gasteiger partial charge in [0.1, 0.15) is 22.8 Å². The van der Waals surface area contributed by atoms with Gasteiger partial charge >= 0.3 is 0 Å². The Hall–Kier alpha value is -2.82. The maximum atomic E-state index is 12.2. The van der Waals surface area contributed by atoms with Gasteiger partial charge < -0.3 is 15.3 Å². The third-order valence-electron chi connectivity index (χ3n) is 3.75. The zero-order valence-electron chi connectivity index (χ0n) is 13.8. The van der Waals surface area contributed by atoms with Crippen molar-refractivity contribution in [3.63, 3.8) is 0 Å². The number of Topliss-reactive ketones (excluding diaryl/α,β-unsaturated/α-hetero) is 2. The molecule has 5 heteroatoms. The first-order valence-electron chi connectivity index (χ1n) is 7.51. The van der Waals surface area contributed by atoms with Gasteiger partial charge in [-0.15, -0.1) is 0 Å². The first-order valence-corrected chi connectivity index (χ1v) is 7.51. The van der Waals surface area contributed by atoms with Crippen molar-refractivity contribution in [2.45, 2.75) is 32.6 Å². The molecule has 0 aliphatic carbocycles. The molecule has 5 nitrogen and oxygen atoms in total. The molecule has 0 aromatic heterocycles. The fourth-order valence-corrected chi connectivity index (χ4v) is 2.38. The molecular weight excluding hydrogens is 308 g/mol. The van der Waals surface area contributed by atoms with Crippen molar-refractivity contribution in [3.8, 4) is 17.2 Å². The van der Waals surface area contributed by atoms with Gasteiger partial charge in [0.2, 0.25) is 0 Å². The molecule has 2 aromatic rings. The summed E-state index contributed by atoms with van der Waals surface area (Å²) in [5.41, 5.74) is 1.04. The molecule has 24 heavy (non-hydrogen) atoms. The number of ketones is 2. The van der Waals surface area contributed by atoms with Crippen LogP contribution in [0.15, 0.2) is 36.4 Å². The summed E-state index contributed by atoms with van der Waals surface area (Å²) in [4.78, 5) is 24.4. The zero-order chi connectivity index (χ0) is 18.1. The predicted molar refractivity (Wildman–Crippen MR) is 89.9 cm³/mol. The van der Waals surface area contributed by atoms with Crippen LogP contribution in [0, 0.1) is 0 Å². The van der Waals surface area contributed by atoms with Gasteiger partial charge in [0.05, 0.1) is 6.42 Å². The molecule has 0 aliphatic heterocycles. The van der Waals surface area contributed by atoms with E-state index < -0.39 is 29.5 Å². The molecular formula is C19H20O5. The smallest absolute Gasteiger partial charge is 0.178 e. The van der Waals surface area contributed by atoms with Gasteiger partial charge in [-0.05, 0) is 11.0 Å². The Kier molecular flexibility index (Phi) is 4.64. The molecule has 2 aromatic carbocycles. The number of phenolic OH excluding ortho intramolecular Hbond substituents is 3. The summed E-state index contributed by atoms with van der Waals surface area (Å²) < 4.78 is 0. The van der Waals surface area contributed by atoms with Crippen LogP contribution in [0.2, 0.25) is 0 Å². The maximum absolute atomic E-state index is 12.2. The van der Waals surface area contributed by atoms with Crippen LogP contribution in [0.4, 0.5) is 0 Å². The SMILES string of the molecule is CC(C)(C)c1ccc(C(=O)CC(=O)c2c(O)cc(O)cc2O)cc1. The van der Waals surface area contributed by atoms with E-state index in [4.69, 9.17) is 0 Å². The Labute approximate surface area is 140 Å². The lowest BCUT2D eigenvalue weighted by Crippen LogP contribution is -2.12. The minimum absolute atomic E-state index is 0.0407. The number of aromatic hydroxyl groups is 3. The zero-order valence-corrected chi connectivity index (χ0v) is 13.8. The second kappa shape index (κ2) is 6.35. The molecule has 126 valence electrons. The maximum Gasteiger partial charge on any atom is 0.178 e. The third kappa shape index (κ3) is 3.74. The topological polar surface area (TPSA) is 94.8 Å². The largest absolute Gasteiger partial charge is 0.508 e. The van der Waals surface area contributed by atoms with E-state index in [1.165, 1.54) is 0 Å². The average molecular weight is 328 g/mol. The summed E-state index contributed by atoms with van der Waals surface area (Å²) in [6, 6.07) is 8.88. The van der Waals surface area contributed by atoms with Gasteiger partial charge in [-0.1, -0.05) is 45.0 Å². The second-order valence-corrected chi connectivity index (χ2v) is 6.71. The van der Waals surface area contributed by atoms with E-state index in [-0.39, 0.29) is 16.7 Å². The lowest BCUT2D eigenvalue weighted by Gasteiger charge is -2.19. The highest BCUT2D eigenvalue weighted by Gasteiger charge is 2.21. The highest BCUT2D eigenvalue weighted by atomic mass is 16.3. The minimum atomic E-state index is -0.713. The Morgan fingerprint density at radius 3 is 1.83 bits per heavy atom. The molecule has 0 radical (unpaired) electrons. The summed E-state index contributed by atoms with van der Waals surface area (Å²) in [6.45, 7) is 6.18. The number of carbonyl (C=O) groups is 2. The molecule has 0 amide bonds. The molecule has 0 spiro atoms. The quantitative estimate of drug-likeness (QED) is 0.589. The fraction of sp³-hybridized carbons (Fsp3) is 0.263. The van der Waals surface area contributed by atoms with E-state index in [0.29, 0.717) is 5.56 Å². The number of hydrogen-bond donors (Lipinski definition) is 3. The van der Waals surface area contributed by atoms with Crippen molar-refractivity contribution >= 4 is 11.6 Å². The summed E-state index contributed by atoms with van der Waals surface area (Å²) in [5.74, 6) is -2.62. The standard InChI is InChI=1S/C19H20O5/c1-19(2,3)12-6-4-11(5-7-12)14(21)10-17(24)18-15(22)8-13(20)9-16(18)23/h4-9,20,22-23H,10H2,1-3H3. The highest BCUT2D eigenvalue weighted by Crippen LogP contribution is 2.33. The van der Waals surface area contributed by atoms with Crippen LogP contribution in [-0.4, -0.2) is 26.9 Å². The van der Waals surface area contributed by atoms with Crippen LogP contribution >= 0.6 is 0 Å². The number of rotatable bonds is 4. The third-order valence-corrected chi connectivity index (χ3v) is 3.75. The average Bonchev–Trinajstić information content (AvgIpc) is 2.45. The van der Waals surface area contributed by atoms with Crippen LogP contribution in [0.25, 0.3) is 0 Å². The lowest BCUT2D eigenvalue weighted by atomic mass is 9.86. The van der Waals surface area contributed by atoms with Crippen molar-refractivity contribution in [1.29, 1.82) is 0 Å². The molecule has 0 aliphatic rings. The summed E-state index contributed by atoms with van der Waals surface area (Å²) in [5, 5.41) is 28.7. The predicted octanol–water partition coefficient (Wildman–Crippen LogP) is 3.56. The Morgan fingerprint density at radius 2 is 1.38 bits per heavy atom. The molecule has 0 saturated heterocycles. The monoisotopic (exact) mass is 328 g/mol. The molecule has 0 unspecified atom stereocenters. The number of carbonyl (C=O) groups excluding carboxylic acids is 2. The van der Waals surface area contributed by atoms with Gasteiger partial charge in [-0.3, -0.25) is 9.59 Å². The van der Waals surface area contributed by atoms with Gasteiger partial charge in [0.15, 0.2) is 11.6 Å². The first kappa shape index (κ1) is 17.5. The summed E-state index contributed by atoms with van der Waals surface area (Å²) >= 11 is 0. The number of hydrogen-bond acceptors (Lipinski definition) is 5. The normalized spacial score (nSPS) is 11.3. The van der Waals surface area contributed by atoms with E-state index in [9.17, 15) is 24.9 Å². The van der Waals surface area contributed by atoms with Crippen molar-refractivity contribution in [2.24, 2.45) is 0 Å². The summed E-state index contributed by atoms with van der Waals surface area (Å²) in [6.07, 6.45) is -0.485. The van der Waals surface area contributed by atoms with E-state index in [2.05, 4.69) is 20.8 Å². The number of benzene rings is 2. The van der Waals surface area contributed by atoms with Gasteiger partial charge in [-0.2, -0.15) is 0 Å². The molecule has 3 N–H and O–H groups in total. The van der Waals surface area contributed by atoms with Gasteiger partial charge in [-0.25, -0.2) is 0 Å². The first-order chi connectivity index (χ1) is 11.1. The van der Waals surface area contributed by atoms with Crippen LogP contribution in [0.5, 0.6) is 17.2 Å². The molecule has 0 fully saturated rings. The van der Waals surface area contributed by atoms with E-state index >= 15 is 0 Å². The lowest BCUT2D eigenvalue weighted by molar-refractivity contribution is 0.0891.